The van der Waals surface area contributed by atoms with Crippen molar-refractivity contribution in [3.05, 3.63) is 65.4 Å². The summed E-state index contributed by atoms with van der Waals surface area (Å²) in [6.07, 6.45) is 0. The topological polar surface area (TPSA) is 49.9 Å². The molecule has 0 unspecified atom stereocenters. The molecule has 5 nitrogen and oxygen atoms in total. The molecule has 1 saturated heterocycles. The fourth-order valence-electron chi connectivity index (χ4n) is 3.32. The van der Waals surface area contributed by atoms with Crippen molar-refractivity contribution in [2.24, 2.45) is 0 Å². The monoisotopic (exact) mass is 370 g/mol. The highest BCUT2D eigenvalue weighted by Gasteiger charge is 2.21. The molecule has 26 heavy (non-hydrogen) atoms. The highest BCUT2D eigenvalue weighted by Crippen LogP contribution is 2.19. The number of carbonyl (C=O) groups is 1. The minimum Gasteiger partial charge on any atom is -0.451 e. The maximum absolute atomic E-state index is 12.3. The van der Waals surface area contributed by atoms with Crippen LogP contribution < -0.4 is 15.1 Å². The molecule has 1 aromatic heterocycles. The number of anilines is 1. The van der Waals surface area contributed by atoms with Gasteiger partial charge in [-0.25, -0.2) is 0 Å². The van der Waals surface area contributed by atoms with Crippen LogP contribution in [-0.4, -0.2) is 38.8 Å². The molecule has 1 fully saturated rings. The number of nitrogens with one attached hydrogen (secondary N) is 2. The van der Waals surface area contributed by atoms with Gasteiger partial charge in [-0.3, -0.25) is 4.79 Å². The number of furan rings is 1. The number of piperazine rings is 1. The fourth-order valence-corrected chi connectivity index (χ4v) is 3.50. The Morgan fingerprint density at radius 2 is 1.92 bits per heavy atom. The van der Waals surface area contributed by atoms with E-state index in [0.29, 0.717) is 12.4 Å². The summed E-state index contributed by atoms with van der Waals surface area (Å²) in [4.78, 5) is 16.0. The van der Waals surface area contributed by atoms with E-state index in [1.807, 2.05) is 42.5 Å². The molecule has 3 aromatic rings. The predicted molar refractivity (Wildman–Crippen MR) is 103 cm³/mol. The number of hydrogen-bond acceptors (Lipinski definition) is 3. The van der Waals surface area contributed by atoms with E-state index in [4.69, 9.17) is 16.0 Å². The highest BCUT2D eigenvalue weighted by molar-refractivity contribution is 6.30. The van der Waals surface area contributed by atoms with Crippen LogP contribution in [0.4, 0.5) is 5.69 Å². The Labute approximate surface area is 157 Å². The first-order chi connectivity index (χ1) is 12.7. The SMILES string of the molecule is O=C(NC[NH+]1CCN(c2cccc(Cl)c2)CC1)c1cc2ccccc2o1. The number of carbonyl (C=O) groups excluding carboxylic acids is 1. The third kappa shape index (κ3) is 3.69. The van der Waals surface area contributed by atoms with Gasteiger partial charge in [0.2, 0.25) is 0 Å². The molecular weight excluding hydrogens is 350 g/mol. The number of rotatable bonds is 4. The van der Waals surface area contributed by atoms with E-state index in [-0.39, 0.29) is 5.91 Å². The van der Waals surface area contributed by atoms with Crippen LogP contribution in [0.5, 0.6) is 0 Å². The van der Waals surface area contributed by atoms with Crippen LogP contribution in [0.25, 0.3) is 11.0 Å². The zero-order valence-electron chi connectivity index (χ0n) is 14.4. The van der Waals surface area contributed by atoms with Crippen molar-refractivity contribution >= 4 is 34.2 Å². The maximum Gasteiger partial charge on any atom is 0.291 e. The zero-order valence-corrected chi connectivity index (χ0v) is 15.1. The second kappa shape index (κ2) is 7.40. The molecule has 2 N–H and O–H groups in total. The van der Waals surface area contributed by atoms with E-state index < -0.39 is 0 Å². The molecule has 4 rings (SSSR count). The normalized spacial score (nSPS) is 15.3. The summed E-state index contributed by atoms with van der Waals surface area (Å²) >= 11 is 6.08. The lowest BCUT2D eigenvalue weighted by Crippen LogP contribution is -3.16. The van der Waals surface area contributed by atoms with Gasteiger partial charge in [0.05, 0.1) is 26.2 Å². The predicted octanol–water partition coefficient (Wildman–Crippen LogP) is 2.18. The molecule has 0 radical (unpaired) electrons. The average Bonchev–Trinajstić information content (AvgIpc) is 3.11. The number of fused-ring (bicyclic) bond motifs is 1. The first kappa shape index (κ1) is 16.9. The molecule has 0 bridgehead atoms. The molecule has 6 heteroatoms. The van der Waals surface area contributed by atoms with Crippen LogP contribution in [-0.2, 0) is 0 Å². The van der Waals surface area contributed by atoms with Gasteiger partial charge in [0, 0.05) is 16.1 Å². The first-order valence-corrected chi connectivity index (χ1v) is 9.18. The lowest BCUT2D eigenvalue weighted by atomic mass is 10.2. The number of hydrogen-bond donors (Lipinski definition) is 2. The Kier molecular flexibility index (Phi) is 4.82. The van der Waals surface area contributed by atoms with Crippen molar-refractivity contribution < 1.29 is 14.1 Å². The van der Waals surface area contributed by atoms with E-state index in [2.05, 4.69) is 16.3 Å². The molecule has 0 saturated carbocycles. The Morgan fingerprint density at radius 3 is 2.69 bits per heavy atom. The zero-order chi connectivity index (χ0) is 17.9. The van der Waals surface area contributed by atoms with E-state index in [9.17, 15) is 4.79 Å². The third-order valence-electron chi connectivity index (χ3n) is 4.79. The summed E-state index contributed by atoms with van der Waals surface area (Å²) < 4.78 is 5.61. The molecular formula is C20H21ClN3O2+. The van der Waals surface area contributed by atoms with E-state index >= 15 is 0 Å². The average molecular weight is 371 g/mol. The molecule has 1 aliphatic rings. The number of halogens is 1. The van der Waals surface area contributed by atoms with Gasteiger partial charge in [0.25, 0.3) is 5.91 Å². The smallest absolute Gasteiger partial charge is 0.291 e. The summed E-state index contributed by atoms with van der Waals surface area (Å²) in [5, 5.41) is 4.69. The first-order valence-electron chi connectivity index (χ1n) is 8.80. The standard InChI is InChI=1S/C20H20ClN3O2/c21-16-5-3-6-17(13-16)24-10-8-23(9-11-24)14-22-20(25)19-12-15-4-1-2-7-18(15)26-19/h1-7,12-13H,8-11,14H2,(H,22,25)/p+1. The molecule has 0 spiro atoms. The number of nitrogens with zero attached hydrogens (tertiary/aromatic N) is 1. The lowest BCUT2D eigenvalue weighted by Gasteiger charge is -2.33. The molecule has 2 heterocycles. The highest BCUT2D eigenvalue weighted by atomic mass is 35.5. The lowest BCUT2D eigenvalue weighted by molar-refractivity contribution is -0.902. The molecule has 134 valence electrons. The van der Waals surface area contributed by atoms with Crippen LogP contribution in [0.3, 0.4) is 0 Å². The Balaban J connectivity index is 1.30. The van der Waals surface area contributed by atoms with Crippen LogP contribution in [0.1, 0.15) is 10.6 Å². The molecule has 1 amide bonds. The quantitative estimate of drug-likeness (QED) is 0.740. The molecule has 0 atom stereocenters. The van der Waals surface area contributed by atoms with Gasteiger partial charge in [-0.1, -0.05) is 35.9 Å². The van der Waals surface area contributed by atoms with E-state index in [0.717, 1.165) is 47.9 Å². The maximum atomic E-state index is 12.3. The van der Waals surface area contributed by atoms with Crippen LogP contribution in [0, 0.1) is 0 Å². The summed E-state index contributed by atoms with van der Waals surface area (Å²) in [5.41, 5.74) is 1.89. The van der Waals surface area contributed by atoms with Crippen molar-refractivity contribution in [3.8, 4) is 0 Å². The number of benzene rings is 2. The summed E-state index contributed by atoms with van der Waals surface area (Å²) in [6.45, 7) is 4.41. The molecule has 0 aliphatic carbocycles. The van der Waals surface area contributed by atoms with Crippen molar-refractivity contribution in [1.29, 1.82) is 0 Å². The molecule has 2 aromatic carbocycles. The summed E-state index contributed by atoms with van der Waals surface area (Å²) in [5.74, 6) is 0.203. The van der Waals surface area contributed by atoms with Gasteiger partial charge in [0.1, 0.15) is 5.58 Å². The fraction of sp³-hybridized carbons (Fsp3) is 0.250. The van der Waals surface area contributed by atoms with Crippen LogP contribution >= 0.6 is 11.6 Å². The van der Waals surface area contributed by atoms with E-state index in [1.54, 1.807) is 6.07 Å². The van der Waals surface area contributed by atoms with Crippen molar-refractivity contribution in [1.82, 2.24) is 5.32 Å². The van der Waals surface area contributed by atoms with Crippen LogP contribution in [0.2, 0.25) is 5.02 Å². The van der Waals surface area contributed by atoms with E-state index in [1.165, 1.54) is 4.90 Å². The summed E-state index contributed by atoms with van der Waals surface area (Å²) in [7, 11) is 0. The van der Waals surface area contributed by atoms with Gasteiger partial charge in [-0.2, -0.15) is 0 Å². The number of amides is 1. The van der Waals surface area contributed by atoms with Gasteiger partial charge >= 0.3 is 0 Å². The number of quaternary nitrogens is 1. The largest absolute Gasteiger partial charge is 0.451 e. The Morgan fingerprint density at radius 1 is 1.12 bits per heavy atom. The molecule has 1 aliphatic heterocycles. The van der Waals surface area contributed by atoms with Crippen LogP contribution in [0.15, 0.2) is 59.0 Å². The van der Waals surface area contributed by atoms with Crippen molar-refractivity contribution in [2.45, 2.75) is 0 Å². The van der Waals surface area contributed by atoms with Gasteiger partial charge in [-0.15, -0.1) is 0 Å². The summed E-state index contributed by atoms with van der Waals surface area (Å²) in [6, 6.07) is 17.4. The van der Waals surface area contributed by atoms with Crippen molar-refractivity contribution in [3.63, 3.8) is 0 Å². The van der Waals surface area contributed by atoms with Crippen molar-refractivity contribution in [2.75, 3.05) is 37.7 Å². The number of para-hydroxylation sites is 1. The Hall–Kier alpha value is -2.50. The third-order valence-corrected chi connectivity index (χ3v) is 5.03. The Bertz CT molecular complexity index is 883. The minimum absolute atomic E-state index is 0.161. The van der Waals surface area contributed by atoms with Gasteiger partial charge in [-0.05, 0) is 30.3 Å². The second-order valence-electron chi connectivity index (χ2n) is 6.55. The van der Waals surface area contributed by atoms with Gasteiger partial charge < -0.3 is 19.5 Å². The van der Waals surface area contributed by atoms with Gasteiger partial charge in [0.15, 0.2) is 12.4 Å². The second-order valence-corrected chi connectivity index (χ2v) is 6.98. The minimum atomic E-state index is -0.161.